The van der Waals surface area contributed by atoms with Gasteiger partial charge in [-0.3, -0.25) is 14.5 Å². The van der Waals surface area contributed by atoms with Crippen LogP contribution >= 0.6 is 11.3 Å². The summed E-state index contributed by atoms with van der Waals surface area (Å²) in [4.78, 5) is 21.0. The largest absolute Gasteiger partial charge is 0.417 e. The summed E-state index contributed by atoms with van der Waals surface area (Å²) in [6, 6.07) is 6.88. The first-order valence-electron chi connectivity index (χ1n) is 10.3. The van der Waals surface area contributed by atoms with E-state index in [4.69, 9.17) is 0 Å². The second kappa shape index (κ2) is 8.66. The van der Waals surface area contributed by atoms with Gasteiger partial charge in [0.05, 0.1) is 21.9 Å². The van der Waals surface area contributed by atoms with Crippen molar-refractivity contribution in [3.8, 4) is 11.1 Å². The lowest BCUT2D eigenvalue weighted by molar-refractivity contribution is -0.137. The molecule has 0 bridgehead atoms. The number of aromatic nitrogens is 2. The second-order valence-corrected chi connectivity index (χ2v) is 11.3. The number of amides is 1. The van der Waals surface area contributed by atoms with Crippen molar-refractivity contribution in [1.29, 1.82) is 0 Å². The fraction of sp³-hybridized carbons (Fsp3) is 0.318. The zero-order chi connectivity index (χ0) is 24.7. The Morgan fingerprint density at radius 2 is 1.79 bits per heavy atom. The fourth-order valence-electron chi connectivity index (χ4n) is 3.20. The van der Waals surface area contributed by atoms with E-state index >= 15 is 0 Å². The van der Waals surface area contributed by atoms with Gasteiger partial charge in [-0.05, 0) is 50.5 Å². The molecule has 2 N–H and O–H groups in total. The molecule has 0 atom stereocenters. The summed E-state index contributed by atoms with van der Waals surface area (Å²) < 4.78 is 66.5. The van der Waals surface area contributed by atoms with Crippen LogP contribution < -0.4 is 10.0 Å². The van der Waals surface area contributed by atoms with E-state index in [-0.39, 0.29) is 10.7 Å². The molecule has 0 saturated heterocycles. The predicted octanol–water partition coefficient (Wildman–Crippen LogP) is 5.04. The number of benzene rings is 1. The molecule has 1 aromatic carbocycles. The van der Waals surface area contributed by atoms with Crippen LogP contribution in [0, 0.1) is 0 Å². The number of halogens is 3. The molecule has 7 nitrogen and oxygen atoms in total. The predicted molar refractivity (Wildman–Crippen MR) is 124 cm³/mol. The molecule has 0 unspecified atom stereocenters. The lowest BCUT2D eigenvalue weighted by atomic mass is 9.89. The molecule has 2 heterocycles. The monoisotopic (exact) mass is 510 g/mol. The van der Waals surface area contributed by atoms with E-state index in [1.165, 1.54) is 24.3 Å². The molecule has 1 aliphatic rings. The van der Waals surface area contributed by atoms with Crippen molar-refractivity contribution in [3.63, 3.8) is 0 Å². The Balaban J connectivity index is 1.48. The highest BCUT2D eigenvalue weighted by Crippen LogP contribution is 2.37. The van der Waals surface area contributed by atoms with Crippen LogP contribution in [-0.4, -0.2) is 29.5 Å². The van der Waals surface area contributed by atoms with Gasteiger partial charge in [0, 0.05) is 29.0 Å². The van der Waals surface area contributed by atoms with Gasteiger partial charge in [0.2, 0.25) is 15.9 Å². The van der Waals surface area contributed by atoms with Gasteiger partial charge in [0.1, 0.15) is 0 Å². The zero-order valence-corrected chi connectivity index (χ0v) is 19.8. The van der Waals surface area contributed by atoms with Crippen molar-refractivity contribution in [3.05, 3.63) is 59.4 Å². The van der Waals surface area contributed by atoms with E-state index in [2.05, 4.69) is 20.0 Å². The van der Waals surface area contributed by atoms with Crippen molar-refractivity contribution in [2.45, 2.75) is 43.5 Å². The molecule has 3 aromatic rings. The Labute approximate surface area is 198 Å². The highest BCUT2D eigenvalue weighted by Gasteiger charge is 2.37. The second-order valence-electron chi connectivity index (χ2n) is 8.46. The highest BCUT2D eigenvalue weighted by molar-refractivity contribution is 7.93. The van der Waals surface area contributed by atoms with Gasteiger partial charge in [-0.1, -0.05) is 12.1 Å². The minimum Gasteiger partial charge on any atom is -0.325 e. The summed E-state index contributed by atoms with van der Waals surface area (Å²) in [5.41, 5.74) is -0.848. The molecule has 1 fully saturated rings. The van der Waals surface area contributed by atoms with Gasteiger partial charge in [-0.2, -0.15) is 13.2 Å². The zero-order valence-electron chi connectivity index (χ0n) is 18.2. The lowest BCUT2D eigenvalue weighted by Gasteiger charge is -2.21. The van der Waals surface area contributed by atoms with Crippen LogP contribution in [0.2, 0.25) is 0 Å². The van der Waals surface area contributed by atoms with Crippen molar-refractivity contribution in [1.82, 2.24) is 9.97 Å². The van der Waals surface area contributed by atoms with Crippen LogP contribution in [0.1, 0.15) is 37.9 Å². The summed E-state index contributed by atoms with van der Waals surface area (Å²) in [6.07, 6.45) is -1.04. The molecular formula is C22H21F3N4O3S2. The Kier molecular flexibility index (Phi) is 6.15. The SMILES string of the molecule is CC(C)(C(=O)Nc1ccc(-c2cnccc2C(F)(F)F)cc1)c1csc(NS(=O)(=O)C2CC2)n1. The molecule has 34 heavy (non-hydrogen) atoms. The quantitative estimate of drug-likeness (QED) is 0.464. The van der Waals surface area contributed by atoms with Crippen LogP contribution in [0.15, 0.2) is 48.1 Å². The first kappa shape index (κ1) is 24.1. The number of carbonyl (C=O) groups excluding carboxylic acids is 1. The van der Waals surface area contributed by atoms with E-state index in [1.54, 1.807) is 19.2 Å². The van der Waals surface area contributed by atoms with Gasteiger partial charge in [-0.15, -0.1) is 11.3 Å². The van der Waals surface area contributed by atoms with Crippen molar-refractivity contribution in [2.24, 2.45) is 0 Å². The molecular weight excluding hydrogens is 489 g/mol. The van der Waals surface area contributed by atoms with Crippen molar-refractivity contribution >= 4 is 38.1 Å². The standard InChI is InChI=1S/C22H21F3N4O3S2/c1-21(2,18-12-33-20(28-18)29-34(31,32)15-7-8-15)19(30)27-14-5-3-13(4-6-14)16-11-26-10-9-17(16)22(23,24)25/h3-6,9-12,15H,7-8H2,1-2H3,(H,27,30)(H,28,29). The number of anilines is 2. The number of sulfonamides is 1. The van der Waals surface area contributed by atoms with Crippen molar-refractivity contribution in [2.75, 3.05) is 10.0 Å². The fourth-order valence-corrected chi connectivity index (χ4v) is 5.67. The number of nitrogens with zero attached hydrogens (tertiary/aromatic N) is 2. The smallest absolute Gasteiger partial charge is 0.325 e. The maximum atomic E-state index is 13.3. The average molecular weight is 511 g/mol. The molecule has 12 heteroatoms. The number of thiazole rings is 1. The van der Waals surface area contributed by atoms with Gasteiger partial charge >= 0.3 is 6.18 Å². The number of nitrogens with one attached hydrogen (secondary N) is 2. The average Bonchev–Trinajstić information content (AvgIpc) is 3.54. The number of hydrogen-bond acceptors (Lipinski definition) is 6. The molecule has 0 spiro atoms. The van der Waals surface area contributed by atoms with Crippen molar-refractivity contribution < 1.29 is 26.4 Å². The van der Waals surface area contributed by atoms with E-state index in [1.807, 2.05) is 0 Å². The van der Waals surface area contributed by atoms with E-state index < -0.39 is 38.3 Å². The Morgan fingerprint density at radius 1 is 1.12 bits per heavy atom. The molecule has 0 radical (unpaired) electrons. The van der Waals surface area contributed by atoms with Gasteiger partial charge in [0.25, 0.3) is 0 Å². The van der Waals surface area contributed by atoms with Crippen LogP contribution in [0.25, 0.3) is 11.1 Å². The third-order valence-corrected chi connectivity index (χ3v) is 8.20. The normalized spacial score (nSPS) is 14.6. The van der Waals surface area contributed by atoms with E-state index in [0.29, 0.717) is 29.8 Å². The topological polar surface area (TPSA) is 101 Å². The van der Waals surface area contributed by atoms with Crippen LogP contribution in [0.4, 0.5) is 24.0 Å². The third kappa shape index (κ3) is 5.07. The van der Waals surface area contributed by atoms with E-state index in [9.17, 15) is 26.4 Å². The minimum absolute atomic E-state index is 0.0585. The van der Waals surface area contributed by atoms with E-state index in [0.717, 1.165) is 29.8 Å². The molecule has 4 rings (SSSR count). The Hall–Kier alpha value is -2.99. The number of rotatable bonds is 7. The Bertz CT molecular complexity index is 1320. The molecule has 0 aliphatic heterocycles. The summed E-state index contributed by atoms with van der Waals surface area (Å²) in [5, 5.41) is 4.17. The summed E-state index contributed by atoms with van der Waals surface area (Å²) >= 11 is 1.10. The first-order chi connectivity index (χ1) is 15.9. The van der Waals surface area contributed by atoms with Crippen LogP contribution in [-0.2, 0) is 26.4 Å². The third-order valence-electron chi connectivity index (χ3n) is 5.49. The molecule has 1 amide bonds. The van der Waals surface area contributed by atoms with Gasteiger partial charge in [-0.25, -0.2) is 13.4 Å². The number of alkyl halides is 3. The molecule has 180 valence electrons. The molecule has 2 aromatic heterocycles. The lowest BCUT2D eigenvalue weighted by Crippen LogP contribution is -2.35. The maximum Gasteiger partial charge on any atom is 0.417 e. The number of pyridine rings is 1. The molecule has 1 aliphatic carbocycles. The van der Waals surface area contributed by atoms with Gasteiger partial charge < -0.3 is 5.32 Å². The van der Waals surface area contributed by atoms with Crippen LogP contribution in [0.5, 0.6) is 0 Å². The first-order valence-corrected chi connectivity index (χ1v) is 12.7. The number of carbonyl (C=O) groups is 1. The van der Waals surface area contributed by atoms with Gasteiger partial charge in [0.15, 0.2) is 5.13 Å². The summed E-state index contributed by atoms with van der Waals surface area (Å²) in [6.45, 7) is 3.30. The minimum atomic E-state index is -4.52. The summed E-state index contributed by atoms with van der Waals surface area (Å²) in [5.74, 6) is -0.403. The molecule has 1 saturated carbocycles. The maximum absolute atomic E-state index is 13.3. The summed E-state index contributed by atoms with van der Waals surface area (Å²) in [7, 11) is -3.46. The highest BCUT2D eigenvalue weighted by atomic mass is 32.2. The Morgan fingerprint density at radius 3 is 2.41 bits per heavy atom. The number of hydrogen-bond donors (Lipinski definition) is 2. The van der Waals surface area contributed by atoms with Crippen LogP contribution in [0.3, 0.4) is 0 Å².